The number of carbonyl (C=O) groups is 6. The Labute approximate surface area is 318 Å². The first-order valence-corrected chi connectivity index (χ1v) is 18.5. The number of benzene rings is 1. The number of Topliss-reactive ketones (excluding diaryl/α,β-unsaturated/α-hetero) is 1. The van der Waals surface area contributed by atoms with Gasteiger partial charge in [-0.15, -0.1) is 0 Å². The second-order valence-electron chi connectivity index (χ2n) is 13.8. The molecule has 0 spiro atoms. The summed E-state index contributed by atoms with van der Waals surface area (Å²) in [5.41, 5.74) is 23.5. The number of amides is 5. The summed E-state index contributed by atoms with van der Waals surface area (Å²) in [5.74, 6) is -3.44. The Bertz CT molecular complexity index is 1320. The third-order valence-electron chi connectivity index (χ3n) is 8.57. The molecule has 54 heavy (non-hydrogen) atoms. The van der Waals surface area contributed by atoms with Gasteiger partial charge in [-0.25, -0.2) is 0 Å². The standard InChI is InChI=1S/C36H64N10O8/c1-21(2)19-28(34(52)44-27(14-17-39)33(51)43-25(12-15-37)22(3)47)45-35(53)29(20-24-9-6-5-7-10-24)46-32(50)26(13-16-38)42-30(49)11-8-18-41-36(54)31(40)23(4)48/h5-7,9-10,21,23,25-29,31,36,41,48,54H,8,11-20,37-40H2,1-4H3,(H,42,49)(H,43,51)(H,44,52)(H,45,53)(H,46,50)/t23-,25+,26+,27+,28+,29-,31+,36?/m1/s1. The summed E-state index contributed by atoms with van der Waals surface area (Å²) in [7, 11) is 0. The van der Waals surface area contributed by atoms with Crippen molar-refractivity contribution >= 4 is 35.3 Å². The van der Waals surface area contributed by atoms with Crippen LogP contribution in [0.2, 0.25) is 0 Å². The van der Waals surface area contributed by atoms with E-state index >= 15 is 0 Å². The van der Waals surface area contributed by atoms with Gasteiger partial charge in [0.15, 0.2) is 5.78 Å². The highest BCUT2D eigenvalue weighted by atomic mass is 16.3. The lowest BCUT2D eigenvalue weighted by Crippen LogP contribution is -2.59. The molecule has 8 atom stereocenters. The topological polar surface area (TPSA) is 319 Å². The van der Waals surface area contributed by atoms with E-state index in [0.717, 1.165) is 0 Å². The number of aliphatic hydroxyl groups excluding tert-OH is 2. The number of aliphatic hydroxyl groups is 2. The van der Waals surface area contributed by atoms with Crippen molar-refractivity contribution in [1.29, 1.82) is 0 Å². The van der Waals surface area contributed by atoms with Gasteiger partial charge in [-0.2, -0.15) is 0 Å². The molecular formula is C36H64N10O8. The number of carbonyl (C=O) groups excluding carboxylic acids is 6. The van der Waals surface area contributed by atoms with Crippen LogP contribution in [0.1, 0.15) is 71.8 Å². The number of ketones is 1. The summed E-state index contributed by atoms with van der Waals surface area (Å²) < 4.78 is 0. The van der Waals surface area contributed by atoms with E-state index < -0.39 is 78.1 Å². The monoisotopic (exact) mass is 764 g/mol. The Morgan fingerprint density at radius 2 is 1.13 bits per heavy atom. The molecule has 1 aromatic rings. The predicted molar refractivity (Wildman–Crippen MR) is 204 cm³/mol. The Morgan fingerprint density at radius 3 is 1.65 bits per heavy atom. The van der Waals surface area contributed by atoms with Crippen LogP contribution in [-0.2, 0) is 35.2 Å². The largest absolute Gasteiger partial charge is 0.392 e. The smallest absolute Gasteiger partial charge is 0.243 e. The van der Waals surface area contributed by atoms with E-state index in [1.807, 2.05) is 13.8 Å². The van der Waals surface area contributed by atoms with Crippen LogP contribution in [0.15, 0.2) is 30.3 Å². The highest BCUT2D eigenvalue weighted by Gasteiger charge is 2.32. The molecule has 0 saturated carbocycles. The van der Waals surface area contributed by atoms with Crippen molar-refractivity contribution in [1.82, 2.24) is 31.9 Å². The van der Waals surface area contributed by atoms with Gasteiger partial charge >= 0.3 is 0 Å². The van der Waals surface area contributed by atoms with Crippen LogP contribution in [-0.4, -0.2) is 120 Å². The molecule has 1 aromatic carbocycles. The quantitative estimate of drug-likeness (QED) is 0.0310. The second kappa shape index (κ2) is 25.9. The SMILES string of the molecule is CC(=O)[C@H](CCN)NC(=O)[C@H](CCN)NC(=O)[C@H](CC(C)C)NC(=O)[C@@H](Cc1ccccc1)NC(=O)[C@H](CCN)NC(=O)CCCNC(O)[C@@H](N)[C@@H](C)O. The second-order valence-corrected chi connectivity index (χ2v) is 13.8. The molecule has 0 aliphatic heterocycles. The van der Waals surface area contributed by atoms with Crippen molar-refractivity contribution < 1.29 is 39.0 Å². The molecule has 1 unspecified atom stereocenters. The lowest BCUT2D eigenvalue weighted by Gasteiger charge is -2.28. The molecule has 0 aliphatic carbocycles. The number of rotatable bonds is 27. The van der Waals surface area contributed by atoms with Crippen molar-refractivity contribution in [2.24, 2.45) is 28.9 Å². The molecule has 0 aliphatic rings. The van der Waals surface area contributed by atoms with Gasteiger partial charge in [0, 0.05) is 12.8 Å². The zero-order chi connectivity index (χ0) is 40.8. The minimum absolute atomic E-state index is 0.0104. The van der Waals surface area contributed by atoms with E-state index in [2.05, 4.69) is 31.9 Å². The third kappa shape index (κ3) is 18.3. The van der Waals surface area contributed by atoms with Gasteiger partial charge in [0.25, 0.3) is 0 Å². The summed E-state index contributed by atoms with van der Waals surface area (Å²) in [6.45, 7) is 6.94. The van der Waals surface area contributed by atoms with Gasteiger partial charge in [0.05, 0.1) is 18.2 Å². The van der Waals surface area contributed by atoms with Gasteiger partial charge in [-0.3, -0.25) is 34.1 Å². The summed E-state index contributed by atoms with van der Waals surface area (Å²) in [6.07, 6.45) is -1.28. The van der Waals surface area contributed by atoms with Gasteiger partial charge in [0.1, 0.15) is 30.4 Å². The first-order chi connectivity index (χ1) is 25.5. The predicted octanol–water partition coefficient (Wildman–Crippen LogP) is -3.27. The fourth-order valence-corrected chi connectivity index (χ4v) is 5.43. The van der Waals surface area contributed by atoms with Crippen LogP contribution < -0.4 is 54.8 Å². The minimum atomic E-state index is -1.18. The summed E-state index contributed by atoms with van der Waals surface area (Å²) in [5, 5.41) is 35.7. The van der Waals surface area contributed by atoms with Gasteiger partial charge in [0.2, 0.25) is 29.5 Å². The normalized spacial score (nSPS) is 15.8. The van der Waals surface area contributed by atoms with E-state index in [-0.39, 0.29) is 82.8 Å². The van der Waals surface area contributed by atoms with Gasteiger partial charge < -0.3 is 59.7 Å². The fraction of sp³-hybridized carbons (Fsp3) is 0.667. The lowest BCUT2D eigenvalue weighted by molar-refractivity contribution is -0.135. The summed E-state index contributed by atoms with van der Waals surface area (Å²) in [6, 6.07) is 2.67. The van der Waals surface area contributed by atoms with Crippen LogP contribution in [0.4, 0.5) is 0 Å². The Kier molecular flexibility index (Phi) is 23.0. The molecule has 0 bridgehead atoms. The fourth-order valence-electron chi connectivity index (χ4n) is 5.43. The van der Waals surface area contributed by atoms with Gasteiger partial charge in [-0.05, 0) is 83.6 Å². The van der Waals surface area contributed by atoms with Crippen LogP contribution in [0.5, 0.6) is 0 Å². The Morgan fingerprint density at radius 1 is 0.667 bits per heavy atom. The van der Waals surface area contributed by atoms with E-state index in [1.54, 1.807) is 30.3 Å². The molecule has 0 fully saturated rings. The van der Waals surface area contributed by atoms with Crippen LogP contribution in [0, 0.1) is 5.92 Å². The minimum Gasteiger partial charge on any atom is -0.392 e. The van der Waals surface area contributed by atoms with Crippen LogP contribution in [0.25, 0.3) is 0 Å². The summed E-state index contributed by atoms with van der Waals surface area (Å²) in [4.78, 5) is 79.1. The maximum absolute atomic E-state index is 13.9. The molecule has 18 nitrogen and oxygen atoms in total. The molecule has 0 saturated heterocycles. The van der Waals surface area contributed by atoms with E-state index in [1.165, 1.54) is 13.8 Å². The molecule has 5 amide bonds. The lowest BCUT2D eigenvalue weighted by atomic mass is 10.00. The van der Waals surface area contributed by atoms with E-state index in [0.29, 0.717) is 5.56 Å². The molecule has 306 valence electrons. The molecule has 0 radical (unpaired) electrons. The molecular weight excluding hydrogens is 700 g/mol. The van der Waals surface area contributed by atoms with E-state index in [9.17, 15) is 39.0 Å². The number of nitrogens with one attached hydrogen (secondary N) is 6. The molecule has 18 heteroatoms. The first-order valence-electron chi connectivity index (χ1n) is 18.5. The van der Waals surface area contributed by atoms with E-state index in [4.69, 9.17) is 22.9 Å². The highest BCUT2D eigenvalue weighted by Crippen LogP contribution is 2.10. The summed E-state index contributed by atoms with van der Waals surface area (Å²) >= 11 is 0. The first kappa shape index (κ1) is 48.0. The van der Waals surface area contributed by atoms with Gasteiger partial charge in [-0.1, -0.05) is 44.2 Å². The van der Waals surface area contributed by atoms with Crippen molar-refractivity contribution in [3.63, 3.8) is 0 Å². The third-order valence-corrected chi connectivity index (χ3v) is 8.57. The number of nitrogens with two attached hydrogens (primary N) is 4. The number of hydrogen-bond acceptors (Lipinski definition) is 13. The average molecular weight is 765 g/mol. The molecule has 16 N–H and O–H groups in total. The van der Waals surface area contributed by atoms with Crippen LogP contribution in [0.3, 0.4) is 0 Å². The average Bonchev–Trinajstić information content (AvgIpc) is 3.11. The zero-order valence-corrected chi connectivity index (χ0v) is 32.0. The zero-order valence-electron chi connectivity index (χ0n) is 32.0. The van der Waals surface area contributed by atoms with Crippen molar-refractivity contribution in [2.45, 2.75) is 121 Å². The maximum Gasteiger partial charge on any atom is 0.243 e. The van der Waals surface area contributed by atoms with Crippen molar-refractivity contribution in [3.8, 4) is 0 Å². The Balaban J connectivity index is 3.15. The molecule has 1 rings (SSSR count). The molecule has 0 aromatic heterocycles. The number of hydrogen-bond donors (Lipinski definition) is 12. The van der Waals surface area contributed by atoms with Crippen molar-refractivity contribution in [3.05, 3.63) is 35.9 Å². The maximum atomic E-state index is 13.9. The van der Waals surface area contributed by atoms with Crippen LogP contribution >= 0.6 is 0 Å². The Hall–Kier alpha value is -4.04. The molecule has 0 heterocycles. The highest BCUT2D eigenvalue weighted by molar-refractivity contribution is 5.96. The van der Waals surface area contributed by atoms with Crippen molar-refractivity contribution in [2.75, 3.05) is 26.2 Å².